The Bertz CT molecular complexity index is 447. The van der Waals surface area contributed by atoms with Crippen molar-refractivity contribution in [3.63, 3.8) is 0 Å². The van der Waals surface area contributed by atoms with E-state index in [2.05, 4.69) is 25.8 Å². The summed E-state index contributed by atoms with van der Waals surface area (Å²) in [4.78, 5) is 14.2. The molecule has 1 aliphatic rings. The third-order valence-corrected chi connectivity index (χ3v) is 4.06. The molecule has 1 heterocycles. The first kappa shape index (κ1) is 14.3. The van der Waals surface area contributed by atoms with Crippen LogP contribution < -0.4 is 0 Å². The highest BCUT2D eigenvalue weighted by molar-refractivity contribution is 5.82. The molecule has 0 N–H and O–H groups in total. The highest BCUT2D eigenvalue weighted by atomic mass is 16.3. The lowest BCUT2D eigenvalue weighted by Crippen LogP contribution is -2.37. The molecule has 0 aliphatic heterocycles. The van der Waals surface area contributed by atoms with E-state index in [-0.39, 0.29) is 5.92 Å². The Morgan fingerprint density at radius 1 is 1.42 bits per heavy atom. The van der Waals surface area contributed by atoms with Crippen LogP contribution in [0, 0.1) is 18.3 Å². The summed E-state index contributed by atoms with van der Waals surface area (Å²) in [5, 5.41) is 0. The first-order chi connectivity index (χ1) is 8.85. The summed E-state index contributed by atoms with van der Waals surface area (Å²) < 4.78 is 5.58. The Morgan fingerprint density at radius 3 is 2.79 bits per heavy atom. The van der Waals surface area contributed by atoms with Gasteiger partial charge in [0.15, 0.2) is 0 Å². The Balaban J connectivity index is 1.90. The minimum Gasteiger partial charge on any atom is -0.465 e. The van der Waals surface area contributed by atoms with Crippen LogP contribution in [0.15, 0.2) is 16.5 Å². The second kappa shape index (κ2) is 5.49. The molecular weight excluding hydrogens is 238 g/mol. The topological polar surface area (TPSA) is 33.5 Å². The molecule has 1 fully saturated rings. The second-order valence-corrected chi connectivity index (χ2v) is 6.74. The van der Waals surface area contributed by atoms with E-state index in [0.29, 0.717) is 11.2 Å². The van der Waals surface area contributed by atoms with Crippen molar-refractivity contribution in [2.24, 2.45) is 11.3 Å². The maximum Gasteiger partial charge on any atom is 0.137 e. The lowest BCUT2D eigenvalue weighted by Gasteiger charge is -2.35. The molecule has 0 bridgehead atoms. The van der Waals surface area contributed by atoms with Crippen LogP contribution in [-0.2, 0) is 11.3 Å². The average Bonchev–Trinajstić information content (AvgIpc) is 2.69. The van der Waals surface area contributed by atoms with Crippen molar-refractivity contribution in [2.45, 2.75) is 46.6 Å². The van der Waals surface area contributed by atoms with Crippen molar-refractivity contribution in [1.29, 1.82) is 0 Å². The molecule has 0 aromatic carbocycles. The van der Waals surface area contributed by atoms with E-state index in [1.807, 2.05) is 19.1 Å². The van der Waals surface area contributed by atoms with Crippen molar-refractivity contribution in [1.82, 2.24) is 4.90 Å². The van der Waals surface area contributed by atoms with Gasteiger partial charge in [0.25, 0.3) is 0 Å². The Morgan fingerprint density at radius 2 is 2.16 bits per heavy atom. The molecule has 0 amide bonds. The van der Waals surface area contributed by atoms with Gasteiger partial charge in [-0.1, -0.05) is 13.8 Å². The number of ketones is 1. The summed E-state index contributed by atoms with van der Waals surface area (Å²) in [6.07, 6.45) is 2.78. The molecule has 1 aromatic heterocycles. The number of carbonyl (C=O) groups is 1. The summed E-state index contributed by atoms with van der Waals surface area (Å²) in [6.45, 7) is 8.10. The van der Waals surface area contributed by atoms with Crippen molar-refractivity contribution in [2.75, 3.05) is 13.6 Å². The number of hydrogen-bond acceptors (Lipinski definition) is 3. The molecule has 0 saturated heterocycles. The standard InChI is InChI=1S/C16H25NO2/c1-12-5-6-14(19-12)11-17(4)10-13-9-16(2,3)8-7-15(13)18/h5-6,13H,7-11H2,1-4H3. The van der Waals surface area contributed by atoms with Crippen LogP contribution in [0.25, 0.3) is 0 Å². The van der Waals surface area contributed by atoms with Crippen LogP contribution in [0.5, 0.6) is 0 Å². The van der Waals surface area contributed by atoms with Gasteiger partial charge in [-0.15, -0.1) is 0 Å². The zero-order chi connectivity index (χ0) is 14.0. The van der Waals surface area contributed by atoms with Gasteiger partial charge in [-0.3, -0.25) is 9.69 Å². The lowest BCUT2D eigenvalue weighted by molar-refractivity contribution is -0.127. The van der Waals surface area contributed by atoms with E-state index in [1.165, 1.54) is 0 Å². The molecule has 1 aliphatic carbocycles. The van der Waals surface area contributed by atoms with Crippen LogP contribution in [-0.4, -0.2) is 24.3 Å². The van der Waals surface area contributed by atoms with Gasteiger partial charge in [-0.05, 0) is 44.4 Å². The van der Waals surface area contributed by atoms with Gasteiger partial charge in [0.05, 0.1) is 6.54 Å². The number of hydrogen-bond donors (Lipinski definition) is 0. The Kier molecular flexibility index (Phi) is 4.14. The summed E-state index contributed by atoms with van der Waals surface area (Å²) in [7, 11) is 2.06. The van der Waals surface area contributed by atoms with Gasteiger partial charge in [0, 0.05) is 18.9 Å². The summed E-state index contributed by atoms with van der Waals surface area (Å²) in [5.41, 5.74) is 0.306. The number of aryl methyl sites for hydroxylation is 1. The Hall–Kier alpha value is -1.09. The molecule has 106 valence electrons. The largest absolute Gasteiger partial charge is 0.465 e. The fraction of sp³-hybridized carbons (Fsp3) is 0.688. The number of rotatable bonds is 4. The number of Topliss-reactive ketones (excluding diaryl/α,β-unsaturated/α-hetero) is 1. The lowest BCUT2D eigenvalue weighted by atomic mass is 9.71. The number of nitrogens with zero attached hydrogens (tertiary/aromatic N) is 1. The molecule has 19 heavy (non-hydrogen) atoms. The highest BCUT2D eigenvalue weighted by Crippen LogP contribution is 2.37. The average molecular weight is 263 g/mol. The van der Waals surface area contributed by atoms with Crippen molar-refractivity contribution >= 4 is 5.78 Å². The zero-order valence-electron chi connectivity index (χ0n) is 12.5. The first-order valence-corrected chi connectivity index (χ1v) is 7.12. The number of furan rings is 1. The molecular formula is C16H25NO2. The molecule has 3 heteroatoms. The molecule has 1 atom stereocenters. The first-order valence-electron chi connectivity index (χ1n) is 7.12. The molecule has 1 aromatic rings. The summed E-state index contributed by atoms with van der Waals surface area (Å²) in [6, 6.07) is 4.00. The van der Waals surface area contributed by atoms with Crippen molar-refractivity contribution in [3.05, 3.63) is 23.7 Å². The molecule has 2 rings (SSSR count). The quantitative estimate of drug-likeness (QED) is 0.834. The number of carbonyl (C=O) groups excluding carboxylic acids is 1. The fourth-order valence-electron chi connectivity index (χ4n) is 2.99. The van der Waals surface area contributed by atoms with E-state index >= 15 is 0 Å². The third-order valence-electron chi connectivity index (χ3n) is 4.06. The molecule has 0 radical (unpaired) electrons. The second-order valence-electron chi connectivity index (χ2n) is 6.74. The van der Waals surface area contributed by atoms with Gasteiger partial charge in [-0.2, -0.15) is 0 Å². The van der Waals surface area contributed by atoms with Crippen LogP contribution in [0.4, 0.5) is 0 Å². The maximum absolute atomic E-state index is 12.0. The zero-order valence-corrected chi connectivity index (χ0v) is 12.5. The van der Waals surface area contributed by atoms with E-state index < -0.39 is 0 Å². The summed E-state index contributed by atoms with van der Waals surface area (Å²) in [5.74, 6) is 2.53. The SMILES string of the molecule is Cc1ccc(CN(C)CC2CC(C)(C)CCC2=O)o1. The van der Waals surface area contributed by atoms with Crippen LogP contribution in [0.3, 0.4) is 0 Å². The smallest absolute Gasteiger partial charge is 0.137 e. The maximum atomic E-state index is 12.0. The van der Waals surface area contributed by atoms with Gasteiger partial charge >= 0.3 is 0 Å². The predicted octanol–water partition coefficient (Wildman–Crippen LogP) is 3.42. The van der Waals surface area contributed by atoms with E-state index in [9.17, 15) is 4.79 Å². The normalized spacial score (nSPS) is 23.0. The fourth-order valence-corrected chi connectivity index (χ4v) is 2.99. The van der Waals surface area contributed by atoms with Crippen LogP contribution in [0.2, 0.25) is 0 Å². The van der Waals surface area contributed by atoms with Crippen molar-refractivity contribution < 1.29 is 9.21 Å². The van der Waals surface area contributed by atoms with E-state index in [0.717, 1.165) is 43.9 Å². The van der Waals surface area contributed by atoms with Crippen molar-refractivity contribution in [3.8, 4) is 0 Å². The van der Waals surface area contributed by atoms with Gasteiger partial charge in [-0.25, -0.2) is 0 Å². The van der Waals surface area contributed by atoms with Crippen LogP contribution in [0.1, 0.15) is 44.6 Å². The van der Waals surface area contributed by atoms with E-state index in [4.69, 9.17) is 4.42 Å². The Labute approximate surface area is 116 Å². The summed E-state index contributed by atoms with van der Waals surface area (Å²) >= 11 is 0. The molecule has 1 unspecified atom stereocenters. The minimum absolute atomic E-state index is 0.185. The molecule has 3 nitrogen and oxygen atoms in total. The van der Waals surface area contributed by atoms with Gasteiger partial charge in [0.2, 0.25) is 0 Å². The third kappa shape index (κ3) is 3.93. The van der Waals surface area contributed by atoms with Crippen LogP contribution >= 0.6 is 0 Å². The molecule has 1 saturated carbocycles. The predicted molar refractivity (Wildman–Crippen MR) is 75.9 cm³/mol. The van der Waals surface area contributed by atoms with E-state index in [1.54, 1.807) is 0 Å². The van der Waals surface area contributed by atoms with Gasteiger partial charge < -0.3 is 4.42 Å². The highest BCUT2D eigenvalue weighted by Gasteiger charge is 2.33. The minimum atomic E-state index is 0.185. The van der Waals surface area contributed by atoms with Gasteiger partial charge in [0.1, 0.15) is 17.3 Å². The molecule has 0 spiro atoms. The monoisotopic (exact) mass is 263 g/mol.